The number of phenolic OH excluding ortho intramolecular Hbond substituents is 2. The van der Waals surface area contributed by atoms with Crippen LogP contribution in [0.3, 0.4) is 0 Å². The fourth-order valence-electron chi connectivity index (χ4n) is 1.48. The van der Waals surface area contributed by atoms with E-state index in [9.17, 15) is 23.0 Å². The molecule has 2 aromatic carbocycles. The maximum absolute atomic E-state index is 12.7. The van der Waals surface area contributed by atoms with Crippen molar-refractivity contribution in [3.05, 3.63) is 53.8 Å². The highest BCUT2D eigenvalue weighted by molar-refractivity contribution is 7.89. The Morgan fingerprint density at radius 1 is 1.10 bits per heavy atom. The molecule has 0 saturated carbocycles. The van der Waals surface area contributed by atoms with Crippen molar-refractivity contribution in [2.24, 2.45) is 5.10 Å². The van der Waals surface area contributed by atoms with Gasteiger partial charge in [0.2, 0.25) is 0 Å². The van der Waals surface area contributed by atoms with Gasteiger partial charge < -0.3 is 10.2 Å². The first-order valence-electron chi connectivity index (χ1n) is 5.71. The number of benzene rings is 2. The molecule has 8 heteroatoms. The van der Waals surface area contributed by atoms with Gasteiger partial charge in [0.05, 0.1) is 11.1 Å². The Bertz CT molecular complexity index is 773. The lowest BCUT2D eigenvalue weighted by molar-refractivity contribution is 0.403. The highest BCUT2D eigenvalue weighted by Crippen LogP contribution is 2.26. The summed E-state index contributed by atoms with van der Waals surface area (Å²) in [6.45, 7) is 0. The normalized spacial score (nSPS) is 11.7. The van der Waals surface area contributed by atoms with Gasteiger partial charge in [0.1, 0.15) is 5.82 Å². The average molecular weight is 310 g/mol. The first-order chi connectivity index (χ1) is 9.90. The van der Waals surface area contributed by atoms with Crippen molar-refractivity contribution in [1.29, 1.82) is 0 Å². The number of halogens is 1. The van der Waals surface area contributed by atoms with E-state index < -0.39 is 21.6 Å². The van der Waals surface area contributed by atoms with E-state index in [-0.39, 0.29) is 16.2 Å². The number of nitrogens with zero attached hydrogens (tertiary/aromatic N) is 1. The zero-order valence-electron chi connectivity index (χ0n) is 10.6. The quantitative estimate of drug-likeness (QED) is 0.453. The standard InChI is InChI=1S/C13H11FN2O4S/c14-10-4-6-11(7-5-10)21(19,20)16-15-8-9-2-1-3-12(17)13(9)18/h1-8,16-18H/b15-8+. The number of hydrogen-bond acceptors (Lipinski definition) is 5. The van der Waals surface area contributed by atoms with Crippen LogP contribution < -0.4 is 4.83 Å². The summed E-state index contributed by atoms with van der Waals surface area (Å²) in [6, 6.07) is 8.39. The lowest BCUT2D eigenvalue weighted by Crippen LogP contribution is -2.18. The van der Waals surface area contributed by atoms with Crippen LogP contribution in [0.5, 0.6) is 11.5 Å². The number of para-hydroxylation sites is 1. The predicted molar refractivity (Wildman–Crippen MR) is 74.1 cm³/mol. The SMILES string of the molecule is O=S(=O)(N/N=C/c1cccc(O)c1O)c1ccc(F)cc1. The van der Waals surface area contributed by atoms with Crippen molar-refractivity contribution in [1.82, 2.24) is 4.83 Å². The van der Waals surface area contributed by atoms with Gasteiger partial charge in [-0.1, -0.05) is 6.07 Å². The smallest absolute Gasteiger partial charge is 0.276 e. The monoisotopic (exact) mass is 310 g/mol. The summed E-state index contributed by atoms with van der Waals surface area (Å²) in [7, 11) is -3.93. The first kappa shape index (κ1) is 14.8. The minimum atomic E-state index is -3.93. The number of sulfonamides is 1. The van der Waals surface area contributed by atoms with Gasteiger partial charge in [-0.25, -0.2) is 9.22 Å². The summed E-state index contributed by atoms with van der Waals surface area (Å²) < 4.78 is 36.4. The molecule has 21 heavy (non-hydrogen) atoms. The predicted octanol–water partition coefficient (Wildman–Crippen LogP) is 1.55. The molecule has 6 nitrogen and oxygen atoms in total. The number of phenols is 2. The summed E-state index contributed by atoms with van der Waals surface area (Å²) in [4.78, 5) is 1.76. The van der Waals surface area contributed by atoms with Gasteiger partial charge in [-0.3, -0.25) is 0 Å². The van der Waals surface area contributed by atoms with E-state index in [1.54, 1.807) is 0 Å². The topological polar surface area (TPSA) is 99.0 Å². The fraction of sp³-hybridized carbons (Fsp3) is 0. The van der Waals surface area contributed by atoms with Crippen LogP contribution in [0, 0.1) is 5.82 Å². The maximum atomic E-state index is 12.7. The van der Waals surface area contributed by atoms with Crippen molar-refractivity contribution in [2.45, 2.75) is 4.90 Å². The largest absolute Gasteiger partial charge is 0.504 e. The summed E-state index contributed by atoms with van der Waals surface area (Å²) in [5, 5.41) is 22.3. The molecular formula is C13H11FN2O4S. The molecular weight excluding hydrogens is 299 g/mol. The third-order valence-electron chi connectivity index (χ3n) is 2.55. The first-order valence-corrected chi connectivity index (χ1v) is 7.20. The van der Waals surface area contributed by atoms with Gasteiger partial charge in [-0.15, -0.1) is 0 Å². The second-order valence-electron chi connectivity index (χ2n) is 4.02. The molecule has 2 rings (SSSR count). The molecule has 0 amide bonds. The van der Waals surface area contributed by atoms with Crippen molar-refractivity contribution in [3.63, 3.8) is 0 Å². The van der Waals surface area contributed by atoms with E-state index in [0.717, 1.165) is 30.5 Å². The second kappa shape index (κ2) is 5.80. The molecule has 0 radical (unpaired) electrons. The molecule has 0 aliphatic heterocycles. The molecule has 110 valence electrons. The van der Waals surface area contributed by atoms with Crippen LogP contribution in [0.1, 0.15) is 5.56 Å². The lowest BCUT2D eigenvalue weighted by Gasteiger charge is -2.03. The summed E-state index contributed by atoms with van der Waals surface area (Å²) in [5.41, 5.74) is 0.136. The number of aromatic hydroxyl groups is 2. The molecule has 0 spiro atoms. The number of rotatable bonds is 4. The minimum Gasteiger partial charge on any atom is -0.504 e. The summed E-state index contributed by atoms with van der Waals surface area (Å²) in [5.74, 6) is -1.32. The maximum Gasteiger partial charge on any atom is 0.276 e. The summed E-state index contributed by atoms with van der Waals surface area (Å²) in [6.07, 6.45) is 1.04. The van der Waals surface area contributed by atoms with Crippen LogP contribution in [0.15, 0.2) is 52.5 Å². The van der Waals surface area contributed by atoms with E-state index in [2.05, 4.69) is 5.10 Å². The number of hydrogen-bond donors (Lipinski definition) is 3. The van der Waals surface area contributed by atoms with Gasteiger partial charge in [-0.2, -0.15) is 13.5 Å². The van der Waals surface area contributed by atoms with E-state index in [1.165, 1.54) is 18.2 Å². The fourth-order valence-corrected chi connectivity index (χ4v) is 2.28. The Hall–Kier alpha value is -2.61. The Balaban J connectivity index is 2.16. The van der Waals surface area contributed by atoms with Gasteiger partial charge in [0.15, 0.2) is 11.5 Å². The number of hydrazone groups is 1. The van der Waals surface area contributed by atoms with Crippen molar-refractivity contribution in [3.8, 4) is 11.5 Å². The van der Waals surface area contributed by atoms with Crippen LogP contribution in [0.2, 0.25) is 0 Å². The zero-order chi connectivity index (χ0) is 15.5. The van der Waals surface area contributed by atoms with Crippen molar-refractivity contribution < 1.29 is 23.0 Å². The molecule has 0 aliphatic carbocycles. The summed E-state index contributed by atoms with van der Waals surface area (Å²) >= 11 is 0. The number of nitrogens with one attached hydrogen (secondary N) is 1. The Labute approximate surface area is 120 Å². The molecule has 0 aromatic heterocycles. The minimum absolute atomic E-state index is 0.136. The van der Waals surface area contributed by atoms with Crippen LogP contribution in [-0.4, -0.2) is 24.8 Å². The molecule has 0 heterocycles. The average Bonchev–Trinajstić information content (AvgIpc) is 2.44. The highest BCUT2D eigenvalue weighted by Gasteiger charge is 2.12. The molecule has 2 aromatic rings. The van der Waals surface area contributed by atoms with Gasteiger partial charge in [0.25, 0.3) is 10.0 Å². The molecule has 0 unspecified atom stereocenters. The van der Waals surface area contributed by atoms with E-state index in [4.69, 9.17) is 0 Å². The lowest BCUT2D eigenvalue weighted by atomic mass is 10.2. The van der Waals surface area contributed by atoms with Crippen LogP contribution >= 0.6 is 0 Å². The Kier molecular flexibility index (Phi) is 4.08. The third kappa shape index (κ3) is 3.48. The van der Waals surface area contributed by atoms with E-state index >= 15 is 0 Å². The van der Waals surface area contributed by atoms with Crippen molar-refractivity contribution >= 4 is 16.2 Å². The molecule has 0 aliphatic rings. The van der Waals surface area contributed by atoms with E-state index in [0.29, 0.717) is 0 Å². The molecule has 0 saturated heterocycles. The zero-order valence-corrected chi connectivity index (χ0v) is 11.4. The Morgan fingerprint density at radius 3 is 2.43 bits per heavy atom. The molecule has 0 fully saturated rings. The van der Waals surface area contributed by atoms with Gasteiger partial charge in [-0.05, 0) is 36.4 Å². The molecule has 0 bridgehead atoms. The van der Waals surface area contributed by atoms with Gasteiger partial charge in [0, 0.05) is 5.56 Å². The molecule has 3 N–H and O–H groups in total. The van der Waals surface area contributed by atoms with Crippen LogP contribution in [-0.2, 0) is 10.0 Å². The Morgan fingerprint density at radius 2 is 1.76 bits per heavy atom. The van der Waals surface area contributed by atoms with E-state index in [1.807, 2.05) is 4.83 Å². The molecule has 0 atom stereocenters. The highest BCUT2D eigenvalue weighted by atomic mass is 32.2. The van der Waals surface area contributed by atoms with Crippen LogP contribution in [0.25, 0.3) is 0 Å². The third-order valence-corrected chi connectivity index (χ3v) is 3.78. The van der Waals surface area contributed by atoms with Crippen LogP contribution in [0.4, 0.5) is 4.39 Å². The second-order valence-corrected chi connectivity index (χ2v) is 5.68. The van der Waals surface area contributed by atoms with Crippen molar-refractivity contribution in [2.75, 3.05) is 0 Å². The van der Waals surface area contributed by atoms with Gasteiger partial charge >= 0.3 is 0 Å².